The van der Waals surface area contributed by atoms with Crippen molar-refractivity contribution in [3.63, 3.8) is 0 Å². The molecule has 6 heteroatoms. The molecule has 0 saturated heterocycles. The van der Waals surface area contributed by atoms with Gasteiger partial charge in [0, 0.05) is 5.56 Å². The fourth-order valence-electron chi connectivity index (χ4n) is 2.59. The van der Waals surface area contributed by atoms with Crippen LogP contribution in [0.2, 0.25) is 0 Å². The maximum atomic E-state index is 12.5. The molecule has 0 aliphatic heterocycles. The monoisotopic (exact) mass is 353 g/mol. The summed E-state index contributed by atoms with van der Waals surface area (Å²) in [5.74, 6) is -0.136. The minimum absolute atomic E-state index is 0.136. The number of anilines is 1. The molecule has 24 heavy (non-hydrogen) atoms. The van der Waals surface area contributed by atoms with Crippen molar-refractivity contribution in [2.75, 3.05) is 5.32 Å². The summed E-state index contributed by atoms with van der Waals surface area (Å²) in [7, 11) is 0. The highest BCUT2D eigenvalue weighted by molar-refractivity contribution is 7.24. The molecule has 120 valence electrons. The number of hydrogen-bond donors (Lipinski definition) is 1. The van der Waals surface area contributed by atoms with Crippen molar-refractivity contribution in [2.24, 2.45) is 0 Å². The van der Waals surface area contributed by atoms with Gasteiger partial charge in [-0.1, -0.05) is 17.4 Å². The lowest BCUT2D eigenvalue weighted by Gasteiger charge is -2.04. The van der Waals surface area contributed by atoms with Crippen LogP contribution in [0.25, 0.3) is 20.4 Å². The molecule has 0 aliphatic carbocycles. The lowest BCUT2D eigenvalue weighted by Crippen LogP contribution is -2.11. The van der Waals surface area contributed by atoms with Gasteiger partial charge in [0.25, 0.3) is 5.91 Å². The van der Waals surface area contributed by atoms with E-state index < -0.39 is 0 Å². The molecule has 0 fully saturated rings. The largest absolute Gasteiger partial charge is 0.298 e. The standard InChI is InChI=1S/C18H15N3OS2/c1-9-4-5-12(8-10(9)2)17(22)21-18-20-13-6-7-14-15(16(13)24-18)19-11(3)23-14/h4-8H,1-3H3,(H,20,21,22). The van der Waals surface area contributed by atoms with Gasteiger partial charge in [0.2, 0.25) is 0 Å². The minimum Gasteiger partial charge on any atom is -0.298 e. The van der Waals surface area contributed by atoms with Crippen LogP contribution >= 0.6 is 22.7 Å². The first-order valence-corrected chi connectivity index (χ1v) is 9.20. The molecule has 0 unspecified atom stereocenters. The lowest BCUT2D eigenvalue weighted by atomic mass is 10.1. The number of benzene rings is 2. The van der Waals surface area contributed by atoms with Crippen molar-refractivity contribution in [3.05, 3.63) is 52.0 Å². The maximum absolute atomic E-state index is 12.5. The fourth-order valence-corrected chi connectivity index (χ4v) is 4.44. The molecule has 2 aromatic carbocycles. The summed E-state index contributed by atoms with van der Waals surface area (Å²) in [6, 6.07) is 9.73. The van der Waals surface area contributed by atoms with Crippen LogP contribution in [0.4, 0.5) is 5.13 Å². The molecule has 0 atom stereocenters. The van der Waals surface area contributed by atoms with Crippen LogP contribution in [0.3, 0.4) is 0 Å². The average molecular weight is 353 g/mol. The maximum Gasteiger partial charge on any atom is 0.257 e. The van der Waals surface area contributed by atoms with E-state index in [1.807, 2.05) is 51.1 Å². The van der Waals surface area contributed by atoms with E-state index in [1.165, 1.54) is 16.9 Å². The van der Waals surface area contributed by atoms with Gasteiger partial charge in [0.05, 0.1) is 19.9 Å². The van der Waals surface area contributed by atoms with Crippen molar-refractivity contribution in [2.45, 2.75) is 20.8 Å². The predicted molar refractivity (Wildman–Crippen MR) is 101 cm³/mol. The Balaban J connectivity index is 1.70. The SMILES string of the molecule is Cc1nc2c(ccc3nc(NC(=O)c4ccc(C)c(C)c4)sc32)s1. The summed E-state index contributed by atoms with van der Waals surface area (Å²) >= 11 is 3.14. The molecular weight excluding hydrogens is 338 g/mol. The van der Waals surface area contributed by atoms with Crippen molar-refractivity contribution in [3.8, 4) is 0 Å². The van der Waals surface area contributed by atoms with Crippen molar-refractivity contribution >= 4 is 54.1 Å². The van der Waals surface area contributed by atoms with Crippen molar-refractivity contribution in [1.29, 1.82) is 0 Å². The molecule has 2 aromatic heterocycles. The van der Waals surface area contributed by atoms with E-state index in [0.717, 1.165) is 31.0 Å². The number of fused-ring (bicyclic) bond motifs is 3. The summed E-state index contributed by atoms with van der Waals surface area (Å²) in [4.78, 5) is 21.6. The number of thiazole rings is 2. The van der Waals surface area contributed by atoms with Crippen molar-refractivity contribution < 1.29 is 4.79 Å². The highest BCUT2D eigenvalue weighted by Crippen LogP contribution is 2.34. The molecule has 1 N–H and O–H groups in total. The number of rotatable bonds is 2. The van der Waals surface area contributed by atoms with Crippen LogP contribution in [-0.2, 0) is 0 Å². The van der Waals surface area contributed by atoms with E-state index in [4.69, 9.17) is 0 Å². The number of nitrogens with zero attached hydrogens (tertiary/aromatic N) is 2. The smallest absolute Gasteiger partial charge is 0.257 e. The van der Waals surface area contributed by atoms with Crippen molar-refractivity contribution in [1.82, 2.24) is 9.97 Å². The van der Waals surface area contributed by atoms with E-state index in [9.17, 15) is 4.79 Å². The van der Waals surface area contributed by atoms with Crippen LogP contribution < -0.4 is 5.32 Å². The third kappa shape index (κ3) is 2.57. The zero-order valence-corrected chi connectivity index (χ0v) is 15.1. The van der Waals surface area contributed by atoms with Crippen LogP contribution in [0.15, 0.2) is 30.3 Å². The molecule has 1 amide bonds. The molecule has 0 spiro atoms. The quantitative estimate of drug-likeness (QED) is 0.546. The van der Waals surface area contributed by atoms with Gasteiger partial charge in [0.1, 0.15) is 5.52 Å². The molecule has 0 saturated carbocycles. The van der Waals surface area contributed by atoms with Crippen LogP contribution in [0, 0.1) is 20.8 Å². The number of hydrogen-bond acceptors (Lipinski definition) is 5. The van der Waals surface area contributed by atoms with E-state index in [-0.39, 0.29) is 5.91 Å². The van der Waals surface area contributed by atoms with E-state index in [1.54, 1.807) is 11.3 Å². The number of nitrogens with one attached hydrogen (secondary N) is 1. The Morgan fingerprint density at radius 2 is 1.83 bits per heavy atom. The Hall–Kier alpha value is -2.31. The van der Waals surface area contributed by atoms with Gasteiger partial charge < -0.3 is 0 Å². The number of carbonyl (C=O) groups is 1. The molecule has 0 aliphatic rings. The van der Waals surface area contributed by atoms with Crippen LogP contribution in [0.1, 0.15) is 26.5 Å². The first-order chi connectivity index (χ1) is 11.5. The summed E-state index contributed by atoms with van der Waals surface area (Å²) in [6.07, 6.45) is 0. The Labute approximate surface area is 147 Å². The van der Waals surface area contributed by atoms with Gasteiger partial charge in [-0.25, -0.2) is 9.97 Å². The van der Waals surface area contributed by atoms with E-state index in [2.05, 4.69) is 15.3 Å². The summed E-state index contributed by atoms with van der Waals surface area (Å²) in [5, 5.41) is 4.55. The van der Waals surface area contributed by atoms with Gasteiger partial charge in [0.15, 0.2) is 5.13 Å². The predicted octanol–water partition coefficient (Wildman–Crippen LogP) is 5.08. The zero-order chi connectivity index (χ0) is 16.8. The highest BCUT2D eigenvalue weighted by atomic mass is 32.1. The summed E-state index contributed by atoms with van der Waals surface area (Å²) in [5.41, 5.74) is 4.76. The second kappa shape index (κ2) is 5.65. The van der Waals surface area contributed by atoms with Gasteiger partial charge in [-0.2, -0.15) is 0 Å². The van der Waals surface area contributed by atoms with Gasteiger partial charge in [-0.3, -0.25) is 10.1 Å². The number of aromatic nitrogens is 2. The highest BCUT2D eigenvalue weighted by Gasteiger charge is 2.14. The molecule has 0 radical (unpaired) electrons. The molecule has 4 nitrogen and oxygen atoms in total. The first-order valence-electron chi connectivity index (χ1n) is 7.56. The number of amides is 1. The third-order valence-electron chi connectivity index (χ3n) is 4.01. The van der Waals surface area contributed by atoms with Crippen LogP contribution in [-0.4, -0.2) is 15.9 Å². The number of aryl methyl sites for hydroxylation is 3. The lowest BCUT2D eigenvalue weighted by molar-refractivity contribution is 0.102. The van der Waals surface area contributed by atoms with E-state index >= 15 is 0 Å². The van der Waals surface area contributed by atoms with Gasteiger partial charge in [-0.05, 0) is 56.2 Å². The van der Waals surface area contributed by atoms with E-state index in [0.29, 0.717) is 10.7 Å². The van der Waals surface area contributed by atoms with Gasteiger partial charge in [-0.15, -0.1) is 11.3 Å². The third-order valence-corrected chi connectivity index (χ3v) is 5.94. The molecule has 4 rings (SSSR count). The van der Waals surface area contributed by atoms with Crippen LogP contribution in [0.5, 0.6) is 0 Å². The molecular formula is C18H15N3OS2. The Bertz CT molecular complexity index is 1090. The second-order valence-electron chi connectivity index (χ2n) is 5.77. The Morgan fingerprint density at radius 3 is 2.62 bits per heavy atom. The first kappa shape index (κ1) is 15.2. The minimum atomic E-state index is -0.136. The Morgan fingerprint density at radius 1 is 1.00 bits per heavy atom. The second-order valence-corrected chi connectivity index (χ2v) is 8.00. The molecule has 0 bridgehead atoms. The topological polar surface area (TPSA) is 54.9 Å². The zero-order valence-electron chi connectivity index (χ0n) is 13.5. The normalized spacial score (nSPS) is 11.3. The summed E-state index contributed by atoms with van der Waals surface area (Å²) < 4.78 is 2.17. The molecule has 4 aromatic rings. The summed E-state index contributed by atoms with van der Waals surface area (Å²) in [6.45, 7) is 6.04. The number of carbonyl (C=O) groups excluding carboxylic acids is 1. The average Bonchev–Trinajstić information content (AvgIpc) is 3.11. The fraction of sp³-hybridized carbons (Fsp3) is 0.167. The molecule has 2 heterocycles. The van der Waals surface area contributed by atoms with Gasteiger partial charge >= 0.3 is 0 Å². The Kier molecular flexibility index (Phi) is 3.58.